The van der Waals surface area contributed by atoms with Gasteiger partial charge in [0.05, 0.1) is 19.0 Å². The molecule has 1 aliphatic carbocycles. The van der Waals surface area contributed by atoms with Gasteiger partial charge in [0.1, 0.15) is 5.75 Å². The molecule has 0 aliphatic heterocycles. The smallest absolute Gasteiger partial charge is 0.223 e. The Hall–Kier alpha value is -3.08. The minimum absolute atomic E-state index is 0.214. The molecular formula is C23H25N3O2. The lowest BCUT2D eigenvalue weighted by Gasteiger charge is -2.22. The molecule has 1 fully saturated rings. The Morgan fingerprint density at radius 2 is 1.86 bits per heavy atom. The van der Waals surface area contributed by atoms with E-state index < -0.39 is 0 Å². The summed E-state index contributed by atoms with van der Waals surface area (Å²) < 4.78 is 7.07. The van der Waals surface area contributed by atoms with Gasteiger partial charge < -0.3 is 9.64 Å². The molecule has 3 aromatic rings. The van der Waals surface area contributed by atoms with E-state index >= 15 is 0 Å². The summed E-state index contributed by atoms with van der Waals surface area (Å²) in [7, 11) is 1.66. The van der Waals surface area contributed by atoms with Crippen LogP contribution in [0.15, 0.2) is 67.0 Å². The van der Waals surface area contributed by atoms with E-state index in [0.717, 1.165) is 35.4 Å². The van der Waals surface area contributed by atoms with Crippen molar-refractivity contribution in [3.63, 3.8) is 0 Å². The first kappa shape index (κ1) is 18.3. The Bertz CT molecular complexity index is 915. The molecule has 0 spiro atoms. The number of amides is 1. The summed E-state index contributed by atoms with van der Waals surface area (Å²) in [4.78, 5) is 14.9. The number of para-hydroxylation sites is 1. The van der Waals surface area contributed by atoms with Crippen LogP contribution in [0, 0.1) is 0 Å². The number of hydrogen-bond acceptors (Lipinski definition) is 3. The van der Waals surface area contributed by atoms with Crippen LogP contribution in [0.2, 0.25) is 0 Å². The van der Waals surface area contributed by atoms with E-state index in [1.54, 1.807) is 7.11 Å². The number of ether oxygens (including phenoxy) is 1. The lowest BCUT2D eigenvalue weighted by atomic mass is 10.1. The third-order valence-corrected chi connectivity index (χ3v) is 5.10. The van der Waals surface area contributed by atoms with Crippen LogP contribution in [-0.2, 0) is 17.8 Å². The maximum atomic E-state index is 12.9. The highest BCUT2D eigenvalue weighted by molar-refractivity contribution is 5.77. The molecule has 0 bridgehead atoms. The lowest BCUT2D eigenvalue weighted by molar-refractivity contribution is -0.132. The van der Waals surface area contributed by atoms with Gasteiger partial charge in [0.25, 0.3) is 0 Å². The lowest BCUT2D eigenvalue weighted by Crippen LogP contribution is -2.32. The summed E-state index contributed by atoms with van der Waals surface area (Å²) in [6.07, 6.45) is 7.28. The first-order valence-corrected chi connectivity index (χ1v) is 9.74. The van der Waals surface area contributed by atoms with Gasteiger partial charge in [0.2, 0.25) is 5.91 Å². The Balaban J connectivity index is 1.36. The molecule has 2 aromatic carbocycles. The highest BCUT2D eigenvalue weighted by Crippen LogP contribution is 2.29. The molecule has 1 heterocycles. The maximum Gasteiger partial charge on any atom is 0.223 e. The molecule has 0 N–H and O–H groups in total. The zero-order valence-electron chi connectivity index (χ0n) is 16.1. The number of carbonyl (C=O) groups is 1. The maximum absolute atomic E-state index is 12.9. The van der Waals surface area contributed by atoms with Crippen LogP contribution >= 0.6 is 0 Å². The topological polar surface area (TPSA) is 47.4 Å². The molecule has 5 heteroatoms. The number of methoxy groups -OCH3 is 1. The number of benzene rings is 2. The number of hydrogen-bond donors (Lipinski definition) is 0. The largest absolute Gasteiger partial charge is 0.497 e. The quantitative estimate of drug-likeness (QED) is 0.598. The Morgan fingerprint density at radius 1 is 1.11 bits per heavy atom. The molecule has 1 amide bonds. The molecule has 1 aliphatic rings. The second-order valence-electron chi connectivity index (χ2n) is 7.23. The highest BCUT2D eigenvalue weighted by Gasteiger charge is 2.32. The predicted octanol–water partition coefficient (Wildman–Crippen LogP) is 4.00. The summed E-state index contributed by atoms with van der Waals surface area (Å²) in [6, 6.07) is 18.4. The van der Waals surface area contributed by atoms with Gasteiger partial charge in [-0.3, -0.25) is 4.79 Å². The fourth-order valence-corrected chi connectivity index (χ4v) is 3.34. The number of rotatable bonds is 8. The van der Waals surface area contributed by atoms with Gasteiger partial charge in [-0.2, -0.15) is 5.10 Å². The Morgan fingerprint density at radius 3 is 2.54 bits per heavy atom. The van der Waals surface area contributed by atoms with Gasteiger partial charge in [-0.1, -0.05) is 30.3 Å². The van der Waals surface area contributed by atoms with Crippen molar-refractivity contribution < 1.29 is 9.53 Å². The second-order valence-corrected chi connectivity index (χ2v) is 7.23. The summed E-state index contributed by atoms with van der Waals surface area (Å²) in [6.45, 7) is 0.663. The summed E-state index contributed by atoms with van der Waals surface area (Å²) >= 11 is 0. The summed E-state index contributed by atoms with van der Waals surface area (Å²) in [5.74, 6) is 1.05. The normalized spacial score (nSPS) is 13.3. The van der Waals surface area contributed by atoms with Gasteiger partial charge in [-0.15, -0.1) is 0 Å². The van der Waals surface area contributed by atoms with E-state index in [9.17, 15) is 4.79 Å². The first-order valence-electron chi connectivity index (χ1n) is 9.74. The molecule has 28 heavy (non-hydrogen) atoms. The van der Waals surface area contributed by atoms with E-state index in [4.69, 9.17) is 4.74 Å². The van der Waals surface area contributed by atoms with Crippen molar-refractivity contribution in [3.05, 3.63) is 78.1 Å². The average Bonchev–Trinajstić information content (AvgIpc) is 3.48. The monoisotopic (exact) mass is 375 g/mol. The minimum atomic E-state index is 0.214. The van der Waals surface area contributed by atoms with Crippen molar-refractivity contribution in [2.75, 3.05) is 7.11 Å². The molecular weight excluding hydrogens is 350 g/mol. The fourth-order valence-electron chi connectivity index (χ4n) is 3.34. The molecule has 0 saturated heterocycles. The van der Waals surface area contributed by atoms with Crippen molar-refractivity contribution >= 4 is 5.91 Å². The Kier molecular flexibility index (Phi) is 5.42. The van der Waals surface area contributed by atoms with E-state index in [2.05, 4.69) is 5.10 Å². The molecule has 4 rings (SSSR count). The summed E-state index contributed by atoms with van der Waals surface area (Å²) in [5, 5.41) is 4.42. The van der Waals surface area contributed by atoms with Crippen molar-refractivity contribution in [1.29, 1.82) is 0 Å². The van der Waals surface area contributed by atoms with Crippen LogP contribution in [0.5, 0.6) is 5.75 Å². The Labute approximate surface area is 165 Å². The third kappa shape index (κ3) is 4.42. The molecule has 5 nitrogen and oxygen atoms in total. The van der Waals surface area contributed by atoms with E-state index in [1.807, 2.05) is 76.6 Å². The van der Waals surface area contributed by atoms with Gasteiger partial charge >= 0.3 is 0 Å². The van der Waals surface area contributed by atoms with E-state index in [1.165, 1.54) is 0 Å². The second kappa shape index (κ2) is 8.30. The zero-order chi connectivity index (χ0) is 19.3. The number of aromatic nitrogens is 2. The minimum Gasteiger partial charge on any atom is -0.497 e. The number of nitrogens with zero attached hydrogens (tertiary/aromatic N) is 3. The van der Waals surface area contributed by atoms with Gasteiger partial charge in [-0.05, 0) is 54.7 Å². The van der Waals surface area contributed by atoms with Crippen molar-refractivity contribution in [2.24, 2.45) is 0 Å². The van der Waals surface area contributed by atoms with Crippen molar-refractivity contribution in [1.82, 2.24) is 14.7 Å². The standard InChI is InChI=1S/C23H25N3O2/c1-28-22-12-7-18(8-13-22)16-25(20-10-11-20)23(27)14-9-19-15-24-26(17-19)21-5-3-2-4-6-21/h2-8,12-13,15,17,20H,9-11,14,16H2,1H3. The fraction of sp³-hybridized carbons (Fsp3) is 0.304. The molecule has 0 unspecified atom stereocenters. The molecule has 1 saturated carbocycles. The third-order valence-electron chi connectivity index (χ3n) is 5.10. The average molecular weight is 375 g/mol. The van der Waals surface area contributed by atoms with Crippen LogP contribution in [0.25, 0.3) is 5.69 Å². The van der Waals surface area contributed by atoms with Gasteiger partial charge in [0, 0.05) is 25.2 Å². The summed E-state index contributed by atoms with van der Waals surface area (Å²) in [5.41, 5.74) is 3.24. The molecule has 0 radical (unpaired) electrons. The van der Waals surface area contributed by atoms with Crippen molar-refractivity contribution in [3.8, 4) is 11.4 Å². The van der Waals surface area contributed by atoms with Crippen LogP contribution in [-0.4, -0.2) is 33.7 Å². The first-order chi connectivity index (χ1) is 13.7. The molecule has 144 valence electrons. The van der Waals surface area contributed by atoms with Gasteiger partial charge in [0.15, 0.2) is 0 Å². The van der Waals surface area contributed by atoms with Crippen molar-refractivity contribution in [2.45, 2.75) is 38.3 Å². The molecule has 1 aromatic heterocycles. The van der Waals surface area contributed by atoms with Crippen LogP contribution < -0.4 is 4.74 Å². The SMILES string of the molecule is COc1ccc(CN(C(=O)CCc2cnn(-c3ccccc3)c2)C2CC2)cc1. The zero-order valence-corrected chi connectivity index (χ0v) is 16.1. The van der Waals surface area contributed by atoms with E-state index in [0.29, 0.717) is 25.4 Å². The van der Waals surface area contributed by atoms with E-state index in [-0.39, 0.29) is 5.91 Å². The number of aryl methyl sites for hydroxylation is 1. The highest BCUT2D eigenvalue weighted by atomic mass is 16.5. The number of carbonyl (C=O) groups excluding carboxylic acids is 1. The van der Waals surface area contributed by atoms with Crippen LogP contribution in [0.1, 0.15) is 30.4 Å². The van der Waals surface area contributed by atoms with Gasteiger partial charge in [-0.25, -0.2) is 4.68 Å². The van der Waals surface area contributed by atoms with Crippen LogP contribution in [0.3, 0.4) is 0 Å². The molecule has 0 atom stereocenters. The predicted molar refractivity (Wildman–Crippen MR) is 108 cm³/mol. The van der Waals surface area contributed by atoms with Crippen LogP contribution in [0.4, 0.5) is 0 Å².